The molecule has 2 atom stereocenters. The predicted octanol–water partition coefficient (Wildman–Crippen LogP) is 5.23. The fraction of sp³-hybridized carbons (Fsp3) is 0.357. The number of nitrogens with zero attached hydrogens (tertiary/aromatic N) is 4. The number of ether oxygens (including phenoxy) is 1. The van der Waals surface area contributed by atoms with Gasteiger partial charge in [-0.05, 0) is 60.4 Å². The van der Waals surface area contributed by atoms with Gasteiger partial charge in [0.1, 0.15) is 18.1 Å². The molecule has 0 saturated heterocycles. The Balaban J connectivity index is 1.87. The summed E-state index contributed by atoms with van der Waals surface area (Å²) in [6, 6.07) is 9.84. The second-order valence-electron chi connectivity index (χ2n) is 10.3. The molecule has 1 aliphatic heterocycles. The zero-order chi connectivity index (χ0) is 31.7. The lowest BCUT2D eigenvalue weighted by Gasteiger charge is -2.46. The first-order valence-electron chi connectivity index (χ1n) is 12.9. The van der Waals surface area contributed by atoms with Gasteiger partial charge in [0.15, 0.2) is 15.6 Å². The number of carboxylic acid groups (broad SMARTS) is 1. The van der Waals surface area contributed by atoms with Crippen LogP contribution in [0.1, 0.15) is 59.5 Å². The third-order valence-corrected chi connectivity index (χ3v) is 8.47. The average molecular weight is 683 g/mol. The quantitative estimate of drug-likeness (QED) is 0.325. The number of aromatic nitrogens is 2. The largest absolute Gasteiger partial charge is 0.489 e. The van der Waals surface area contributed by atoms with Gasteiger partial charge in [-0.1, -0.05) is 22.9 Å². The summed E-state index contributed by atoms with van der Waals surface area (Å²) in [5.41, 5.74) is 5.44. The lowest BCUT2D eigenvalue weighted by Crippen LogP contribution is -2.61. The molecule has 0 saturated carbocycles. The normalized spacial score (nSPS) is 18.6. The number of carbonyl (C=O) groups is 1. The van der Waals surface area contributed by atoms with E-state index in [9.17, 15) is 36.8 Å². The Morgan fingerprint density at radius 1 is 1.30 bits per heavy atom. The highest BCUT2D eigenvalue weighted by Crippen LogP contribution is 2.47. The summed E-state index contributed by atoms with van der Waals surface area (Å²) < 4.78 is 70.9. The lowest BCUT2D eigenvalue weighted by molar-refractivity contribution is -0.137. The van der Waals surface area contributed by atoms with Crippen molar-refractivity contribution in [2.24, 2.45) is 5.73 Å². The SMILES string of the molecule is CC[C@]1(N)C[C@H](c2ncc(OCCS(C)(=O)=O)c(Cc3cc(Br)cc(C#N)c3)n2)c2cc(C(F)(F)F)ccc2N1C(=O)O. The maximum absolute atomic E-state index is 13.7. The van der Waals surface area contributed by atoms with Gasteiger partial charge in [0.2, 0.25) is 0 Å². The molecule has 3 aromatic rings. The molecule has 43 heavy (non-hydrogen) atoms. The number of rotatable bonds is 8. The van der Waals surface area contributed by atoms with Crippen molar-refractivity contribution < 1.29 is 36.2 Å². The van der Waals surface area contributed by atoms with Crippen LogP contribution in [0.25, 0.3) is 0 Å². The number of sulfone groups is 1. The maximum atomic E-state index is 13.7. The van der Waals surface area contributed by atoms with Gasteiger partial charge in [-0.2, -0.15) is 18.4 Å². The molecule has 228 valence electrons. The first-order chi connectivity index (χ1) is 20.0. The number of anilines is 1. The van der Waals surface area contributed by atoms with E-state index < -0.39 is 39.3 Å². The van der Waals surface area contributed by atoms with Crippen LogP contribution in [-0.4, -0.2) is 53.9 Å². The van der Waals surface area contributed by atoms with E-state index in [1.807, 2.05) is 0 Å². The van der Waals surface area contributed by atoms with E-state index in [-0.39, 0.29) is 60.1 Å². The number of alkyl halides is 3. The number of nitriles is 1. The Morgan fingerprint density at radius 2 is 2.02 bits per heavy atom. The van der Waals surface area contributed by atoms with Crippen LogP contribution in [0.3, 0.4) is 0 Å². The van der Waals surface area contributed by atoms with Crippen LogP contribution in [0.4, 0.5) is 23.7 Å². The van der Waals surface area contributed by atoms with Gasteiger partial charge in [-0.3, -0.25) is 4.90 Å². The highest BCUT2D eigenvalue weighted by molar-refractivity contribution is 9.10. The fourth-order valence-corrected chi connectivity index (χ4v) is 5.91. The number of hydrogen-bond donors (Lipinski definition) is 2. The van der Waals surface area contributed by atoms with Crippen LogP contribution in [0.5, 0.6) is 5.75 Å². The van der Waals surface area contributed by atoms with E-state index in [0.717, 1.165) is 29.4 Å². The Kier molecular flexibility index (Phi) is 9.05. The van der Waals surface area contributed by atoms with Gasteiger partial charge in [-0.25, -0.2) is 23.2 Å². The van der Waals surface area contributed by atoms with Gasteiger partial charge >= 0.3 is 12.3 Å². The molecule has 1 amide bonds. The first-order valence-corrected chi connectivity index (χ1v) is 15.8. The minimum absolute atomic E-state index is 0.00891. The Hall–Kier alpha value is -3.74. The highest BCUT2D eigenvalue weighted by Gasteiger charge is 2.46. The second-order valence-corrected chi connectivity index (χ2v) is 13.4. The first kappa shape index (κ1) is 32.2. The van der Waals surface area contributed by atoms with Crippen LogP contribution >= 0.6 is 15.9 Å². The Labute approximate surface area is 254 Å². The third-order valence-electron chi connectivity index (χ3n) is 7.11. The molecule has 1 aromatic heterocycles. The fourth-order valence-electron chi connectivity index (χ4n) is 4.98. The van der Waals surface area contributed by atoms with Gasteiger partial charge in [-0.15, -0.1) is 0 Å². The Morgan fingerprint density at radius 3 is 2.63 bits per heavy atom. The molecular weight excluding hydrogens is 655 g/mol. The summed E-state index contributed by atoms with van der Waals surface area (Å²) in [6.07, 6.45) is -3.61. The second kappa shape index (κ2) is 12.1. The van der Waals surface area contributed by atoms with Crippen molar-refractivity contribution in [3.8, 4) is 11.8 Å². The van der Waals surface area contributed by atoms with Crippen LogP contribution in [-0.2, 0) is 22.4 Å². The summed E-state index contributed by atoms with van der Waals surface area (Å²) in [5, 5.41) is 19.4. The van der Waals surface area contributed by atoms with Gasteiger partial charge in [0.25, 0.3) is 0 Å². The van der Waals surface area contributed by atoms with Crippen LogP contribution in [0.2, 0.25) is 0 Å². The molecule has 4 rings (SSSR count). The maximum Gasteiger partial charge on any atom is 0.416 e. The van der Waals surface area contributed by atoms with Crippen LogP contribution in [0.15, 0.2) is 47.1 Å². The van der Waals surface area contributed by atoms with Crippen molar-refractivity contribution in [3.63, 3.8) is 0 Å². The van der Waals surface area contributed by atoms with Crippen molar-refractivity contribution in [1.29, 1.82) is 5.26 Å². The molecule has 0 bridgehead atoms. The standard InChI is InChI=1S/C28H27BrF3N5O5S/c1-3-27(34)13-21(20-12-18(28(30,31)32)4-5-23(20)37(27)26(38)39)25-35-15-24(42-6-7-43(2,40)41)22(36-25)11-16-8-17(14-33)10-19(29)9-16/h4-5,8-10,12,15,21H,3,6-7,11,13,34H2,1-2H3,(H,38,39)/t21-,27+/m0/s1. The summed E-state index contributed by atoms with van der Waals surface area (Å²) in [6.45, 7) is 1.47. The van der Waals surface area contributed by atoms with Gasteiger partial charge < -0.3 is 15.6 Å². The van der Waals surface area contributed by atoms with Gasteiger partial charge in [0.05, 0.1) is 40.5 Å². The lowest BCUT2D eigenvalue weighted by atomic mass is 9.80. The number of nitrogens with two attached hydrogens (primary N) is 1. The van der Waals surface area contributed by atoms with Crippen molar-refractivity contribution in [2.75, 3.05) is 23.5 Å². The Bertz CT molecular complexity index is 1710. The van der Waals surface area contributed by atoms with E-state index >= 15 is 0 Å². The molecule has 2 heterocycles. The molecule has 15 heteroatoms. The van der Waals surface area contributed by atoms with Crippen LogP contribution in [0, 0.1) is 11.3 Å². The zero-order valence-corrected chi connectivity index (χ0v) is 25.4. The molecule has 1 aliphatic rings. The number of halogens is 4. The molecule has 10 nitrogen and oxygen atoms in total. The summed E-state index contributed by atoms with van der Waals surface area (Å²) in [7, 11) is -3.35. The molecule has 0 fully saturated rings. The zero-order valence-electron chi connectivity index (χ0n) is 23.0. The minimum Gasteiger partial charge on any atom is -0.489 e. The van der Waals surface area contributed by atoms with Crippen molar-refractivity contribution in [1.82, 2.24) is 9.97 Å². The van der Waals surface area contributed by atoms with Crippen molar-refractivity contribution in [2.45, 2.75) is 43.9 Å². The van der Waals surface area contributed by atoms with Crippen molar-refractivity contribution >= 4 is 37.5 Å². The number of amides is 1. The van der Waals surface area contributed by atoms with E-state index in [0.29, 0.717) is 15.6 Å². The summed E-state index contributed by atoms with van der Waals surface area (Å²) in [4.78, 5) is 22.2. The molecule has 0 unspecified atom stereocenters. The number of fused-ring (bicyclic) bond motifs is 1. The monoisotopic (exact) mass is 681 g/mol. The van der Waals surface area contributed by atoms with Gasteiger partial charge in [0, 0.05) is 23.1 Å². The number of hydrogen-bond acceptors (Lipinski definition) is 8. The van der Waals surface area contributed by atoms with E-state index in [4.69, 9.17) is 10.5 Å². The predicted molar refractivity (Wildman–Crippen MR) is 155 cm³/mol. The molecule has 0 spiro atoms. The molecule has 0 radical (unpaired) electrons. The average Bonchev–Trinajstić information content (AvgIpc) is 2.91. The van der Waals surface area contributed by atoms with Crippen molar-refractivity contribution in [3.05, 3.63) is 80.8 Å². The number of benzene rings is 2. The minimum atomic E-state index is -4.70. The van der Waals surface area contributed by atoms with Crippen LogP contribution < -0.4 is 15.4 Å². The van der Waals surface area contributed by atoms with E-state index in [1.54, 1.807) is 25.1 Å². The smallest absolute Gasteiger partial charge is 0.416 e. The molecule has 0 aliphatic carbocycles. The molecule has 2 aromatic carbocycles. The third kappa shape index (κ3) is 7.26. The molecule has 3 N–H and O–H groups in total. The van der Waals surface area contributed by atoms with E-state index in [1.165, 1.54) is 6.20 Å². The summed E-state index contributed by atoms with van der Waals surface area (Å²) >= 11 is 3.36. The van der Waals surface area contributed by atoms with E-state index in [2.05, 4.69) is 32.0 Å². The highest BCUT2D eigenvalue weighted by atomic mass is 79.9. The summed E-state index contributed by atoms with van der Waals surface area (Å²) in [5.74, 6) is -0.988. The topological polar surface area (TPSA) is 159 Å². The molecular formula is C28H27BrF3N5O5S.